The predicted molar refractivity (Wildman–Crippen MR) is 109 cm³/mol. The summed E-state index contributed by atoms with van der Waals surface area (Å²) in [4.78, 5) is 28.3. The topological polar surface area (TPSA) is 59.0 Å². The van der Waals surface area contributed by atoms with Gasteiger partial charge in [0.2, 0.25) is 5.95 Å². The molecule has 1 aliphatic carbocycles. The van der Waals surface area contributed by atoms with Crippen molar-refractivity contribution < 1.29 is 4.79 Å². The molecule has 0 unspecified atom stereocenters. The highest BCUT2D eigenvalue weighted by Gasteiger charge is 2.52. The molecule has 3 heterocycles. The Labute approximate surface area is 164 Å². The van der Waals surface area contributed by atoms with Gasteiger partial charge in [-0.3, -0.25) is 9.78 Å². The van der Waals surface area contributed by atoms with Crippen molar-refractivity contribution in [1.29, 1.82) is 0 Å². The summed E-state index contributed by atoms with van der Waals surface area (Å²) >= 11 is 0. The van der Waals surface area contributed by atoms with E-state index in [1.165, 1.54) is 18.4 Å². The smallest absolute Gasteiger partial charge is 0.229 e. The van der Waals surface area contributed by atoms with Crippen LogP contribution >= 0.6 is 0 Å². The van der Waals surface area contributed by atoms with Gasteiger partial charge in [0.05, 0.1) is 5.69 Å². The molecule has 140 valence electrons. The minimum absolute atomic E-state index is 0.0169. The van der Waals surface area contributed by atoms with Gasteiger partial charge in [0, 0.05) is 53.3 Å². The highest BCUT2D eigenvalue weighted by molar-refractivity contribution is 5.99. The van der Waals surface area contributed by atoms with E-state index in [1.54, 1.807) is 6.20 Å². The average molecular weight is 370 g/mol. The number of aromatic nitrogens is 3. The second-order valence-electron chi connectivity index (χ2n) is 8.10. The Bertz CT molecular complexity index is 1040. The standard InChI is InChI=1S/C23H22N4O/c1-15(2)21(28)16-6-7-18-20(11-16)27(14-23(18)8-9-23)22-25-12-17(13-26-22)19-5-3-4-10-24-19/h3-7,10-13,15H,8-9,14H2,1-2H3. The molecular formula is C23H22N4O. The lowest BCUT2D eigenvalue weighted by atomic mass is 9.94. The first kappa shape index (κ1) is 17.0. The fourth-order valence-electron chi connectivity index (χ4n) is 4.05. The zero-order valence-corrected chi connectivity index (χ0v) is 16.1. The van der Waals surface area contributed by atoms with Gasteiger partial charge in [-0.05, 0) is 36.6 Å². The predicted octanol–water partition coefficient (Wildman–Crippen LogP) is 4.56. The molecule has 0 N–H and O–H groups in total. The number of carbonyl (C=O) groups is 1. The molecular weight excluding hydrogens is 348 g/mol. The van der Waals surface area contributed by atoms with E-state index in [9.17, 15) is 4.79 Å². The van der Waals surface area contributed by atoms with Crippen molar-refractivity contribution in [1.82, 2.24) is 15.0 Å². The lowest BCUT2D eigenvalue weighted by Gasteiger charge is -2.18. The molecule has 1 aliphatic heterocycles. The highest BCUT2D eigenvalue weighted by Crippen LogP contribution is 2.57. The van der Waals surface area contributed by atoms with Crippen LogP contribution < -0.4 is 4.90 Å². The number of benzene rings is 1. The lowest BCUT2D eigenvalue weighted by molar-refractivity contribution is 0.0939. The van der Waals surface area contributed by atoms with Gasteiger partial charge in [-0.2, -0.15) is 0 Å². The first-order valence-electron chi connectivity index (χ1n) is 9.77. The molecule has 2 aromatic heterocycles. The van der Waals surface area contributed by atoms with Crippen LogP contribution in [0.1, 0.15) is 42.6 Å². The molecule has 5 rings (SSSR count). The van der Waals surface area contributed by atoms with Gasteiger partial charge in [0.1, 0.15) is 0 Å². The van der Waals surface area contributed by atoms with Crippen LogP contribution in [-0.4, -0.2) is 27.3 Å². The number of ketones is 1. The van der Waals surface area contributed by atoms with Crippen molar-refractivity contribution in [2.24, 2.45) is 5.92 Å². The van der Waals surface area contributed by atoms with E-state index in [4.69, 9.17) is 0 Å². The Kier molecular flexibility index (Phi) is 3.79. The first-order chi connectivity index (χ1) is 13.6. The fourth-order valence-corrected chi connectivity index (χ4v) is 4.05. The minimum Gasteiger partial charge on any atom is -0.309 e. The van der Waals surface area contributed by atoms with Crippen molar-refractivity contribution >= 4 is 17.4 Å². The van der Waals surface area contributed by atoms with E-state index in [0.29, 0.717) is 5.95 Å². The Morgan fingerprint density at radius 1 is 1.07 bits per heavy atom. The zero-order chi connectivity index (χ0) is 19.3. The van der Waals surface area contributed by atoms with E-state index in [1.807, 2.05) is 56.6 Å². The summed E-state index contributed by atoms with van der Waals surface area (Å²) in [6.07, 6.45) is 7.78. The number of Topliss-reactive ketones (excluding diaryl/α,β-unsaturated/α-hetero) is 1. The molecule has 0 saturated heterocycles. The summed E-state index contributed by atoms with van der Waals surface area (Å²) in [6.45, 7) is 4.76. The zero-order valence-electron chi connectivity index (χ0n) is 16.1. The molecule has 2 aliphatic rings. The molecule has 0 amide bonds. The summed E-state index contributed by atoms with van der Waals surface area (Å²) in [5, 5.41) is 0. The second-order valence-corrected chi connectivity index (χ2v) is 8.10. The van der Waals surface area contributed by atoms with E-state index < -0.39 is 0 Å². The number of fused-ring (bicyclic) bond motifs is 2. The summed E-state index contributed by atoms with van der Waals surface area (Å²) in [7, 11) is 0. The molecule has 0 bridgehead atoms. The Morgan fingerprint density at radius 2 is 1.86 bits per heavy atom. The molecule has 28 heavy (non-hydrogen) atoms. The highest BCUT2D eigenvalue weighted by atomic mass is 16.1. The number of hydrogen-bond acceptors (Lipinski definition) is 5. The van der Waals surface area contributed by atoms with Gasteiger partial charge in [-0.15, -0.1) is 0 Å². The second kappa shape index (κ2) is 6.23. The number of rotatable bonds is 4. The van der Waals surface area contributed by atoms with E-state index >= 15 is 0 Å². The van der Waals surface area contributed by atoms with Crippen molar-refractivity contribution in [3.05, 3.63) is 66.1 Å². The van der Waals surface area contributed by atoms with Crippen molar-refractivity contribution in [2.75, 3.05) is 11.4 Å². The monoisotopic (exact) mass is 370 g/mol. The summed E-state index contributed by atoms with van der Waals surface area (Å²) in [5.74, 6) is 0.835. The maximum atomic E-state index is 12.5. The third-order valence-corrected chi connectivity index (χ3v) is 5.82. The normalized spacial score (nSPS) is 16.5. The van der Waals surface area contributed by atoms with Gasteiger partial charge < -0.3 is 4.90 Å². The van der Waals surface area contributed by atoms with E-state index in [2.05, 4.69) is 25.9 Å². The van der Waals surface area contributed by atoms with Crippen molar-refractivity contribution in [2.45, 2.75) is 32.1 Å². The maximum absolute atomic E-state index is 12.5. The number of hydrogen-bond donors (Lipinski definition) is 0. The average Bonchev–Trinajstić information content (AvgIpc) is 3.45. The molecule has 5 nitrogen and oxygen atoms in total. The third-order valence-electron chi connectivity index (χ3n) is 5.82. The van der Waals surface area contributed by atoms with Crippen LogP contribution in [0.4, 0.5) is 11.6 Å². The summed E-state index contributed by atoms with van der Waals surface area (Å²) in [5.41, 5.74) is 5.13. The molecule has 5 heteroatoms. The molecule has 3 aromatic rings. The van der Waals surface area contributed by atoms with Crippen LogP contribution in [0.2, 0.25) is 0 Å². The summed E-state index contributed by atoms with van der Waals surface area (Å²) in [6, 6.07) is 11.9. The van der Waals surface area contributed by atoms with Crippen LogP contribution in [-0.2, 0) is 5.41 Å². The van der Waals surface area contributed by atoms with Crippen LogP contribution in [0.15, 0.2) is 55.0 Å². The van der Waals surface area contributed by atoms with Crippen LogP contribution in [0, 0.1) is 5.92 Å². The lowest BCUT2D eigenvalue weighted by Crippen LogP contribution is -2.21. The van der Waals surface area contributed by atoms with Crippen LogP contribution in [0.25, 0.3) is 11.3 Å². The van der Waals surface area contributed by atoms with Gasteiger partial charge >= 0.3 is 0 Å². The summed E-state index contributed by atoms with van der Waals surface area (Å²) < 4.78 is 0. The van der Waals surface area contributed by atoms with Gasteiger partial charge in [-0.25, -0.2) is 9.97 Å². The van der Waals surface area contributed by atoms with E-state index in [-0.39, 0.29) is 17.1 Å². The molecule has 1 spiro atoms. The van der Waals surface area contributed by atoms with E-state index in [0.717, 1.165) is 29.1 Å². The molecule has 1 aromatic carbocycles. The molecule has 0 atom stereocenters. The third kappa shape index (κ3) is 2.70. The fraction of sp³-hybridized carbons (Fsp3) is 0.304. The van der Waals surface area contributed by atoms with Crippen LogP contribution in [0.5, 0.6) is 0 Å². The Morgan fingerprint density at radius 3 is 2.50 bits per heavy atom. The molecule has 1 fully saturated rings. The Hall–Kier alpha value is -3.08. The SMILES string of the molecule is CC(C)C(=O)c1ccc2c(c1)N(c1ncc(-c3ccccn3)cn1)CC21CC1. The molecule has 0 radical (unpaired) electrons. The van der Waals surface area contributed by atoms with Crippen LogP contribution in [0.3, 0.4) is 0 Å². The number of carbonyl (C=O) groups excluding carboxylic acids is 1. The molecule has 1 saturated carbocycles. The Balaban J connectivity index is 1.52. The maximum Gasteiger partial charge on any atom is 0.229 e. The van der Waals surface area contributed by atoms with Crippen molar-refractivity contribution in [3.63, 3.8) is 0 Å². The van der Waals surface area contributed by atoms with Gasteiger partial charge in [0.15, 0.2) is 5.78 Å². The number of pyridine rings is 1. The van der Waals surface area contributed by atoms with Gasteiger partial charge in [-0.1, -0.05) is 32.0 Å². The number of anilines is 2. The first-order valence-corrected chi connectivity index (χ1v) is 9.77. The quantitative estimate of drug-likeness (QED) is 0.630. The van der Waals surface area contributed by atoms with Crippen molar-refractivity contribution in [3.8, 4) is 11.3 Å². The van der Waals surface area contributed by atoms with Gasteiger partial charge in [0.25, 0.3) is 0 Å². The largest absolute Gasteiger partial charge is 0.309 e. The minimum atomic E-state index is -0.0169. The number of nitrogens with zero attached hydrogens (tertiary/aromatic N) is 4.